The van der Waals surface area contributed by atoms with Crippen molar-refractivity contribution in [1.82, 2.24) is 5.32 Å². The van der Waals surface area contributed by atoms with Gasteiger partial charge < -0.3 is 5.32 Å². The Morgan fingerprint density at radius 3 is 2.57 bits per heavy atom. The van der Waals surface area contributed by atoms with Crippen molar-refractivity contribution in [2.75, 3.05) is 12.4 Å². The van der Waals surface area contributed by atoms with E-state index in [2.05, 4.69) is 5.32 Å². The molecule has 1 amide bonds. The van der Waals surface area contributed by atoms with E-state index in [0.717, 1.165) is 12.5 Å². The maximum Gasteiger partial charge on any atom is 0.220 e. The lowest BCUT2D eigenvalue weighted by molar-refractivity contribution is -0.121. The van der Waals surface area contributed by atoms with Crippen molar-refractivity contribution >= 4 is 17.5 Å². The second kappa shape index (κ2) is 5.91. The Bertz CT molecular complexity index is 547. The highest BCUT2D eigenvalue weighted by Gasteiger charge is 2.62. The fourth-order valence-electron chi connectivity index (χ4n) is 3.01. The minimum atomic E-state index is -0.587. The summed E-state index contributed by atoms with van der Waals surface area (Å²) in [6.45, 7) is 4.42. The van der Waals surface area contributed by atoms with Gasteiger partial charge in [-0.25, -0.2) is 8.78 Å². The molecule has 0 aromatic heterocycles. The Morgan fingerprint density at radius 2 is 2.05 bits per heavy atom. The van der Waals surface area contributed by atoms with Gasteiger partial charge in [-0.2, -0.15) is 0 Å². The zero-order chi connectivity index (χ0) is 15.7. The summed E-state index contributed by atoms with van der Waals surface area (Å²) in [5.74, 6) is -0.775. The molecule has 1 aliphatic carbocycles. The van der Waals surface area contributed by atoms with E-state index in [1.807, 2.05) is 13.8 Å². The lowest BCUT2D eigenvalue weighted by Crippen LogP contribution is -2.35. The molecule has 116 valence electrons. The summed E-state index contributed by atoms with van der Waals surface area (Å²) in [6, 6.07) is 3.66. The molecule has 21 heavy (non-hydrogen) atoms. The van der Waals surface area contributed by atoms with Gasteiger partial charge in [-0.3, -0.25) is 4.79 Å². The zero-order valence-electron chi connectivity index (χ0n) is 12.3. The summed E-state index contributed by atoms with van der Waals surface area (Å²) in [5, 5.41) is 2.86. The van der Waals surface area contributed by atoms with Crippen molar-refractivity contribution < 1.29 is 13.6 Å². The van der Waals surface area contributed by atoms with Crippen LogP contribution < -0.4 is 5.32 Å². The van der Waals surface area contributed by atoms with Crippen LogP contribution in [-0.2, 0) is 10.2 Å². The van der Waals surface area contributed by atoms with Crippen molar-refractivity contribution in [2.45, 2.75) is 38.5 Å². The lowest BCUT2D eigenvalue weighted by atomic mass is 9.87. The number of hydrogen-bond acceptors (Lipinski definition) is 1. The first-order valence-corrected chi connectivity index (χ1v) is 7.64. The van der Waals surface area contributed by atoms with Crippen LogP contribution in [0.15, 0.2) is 18.2 Å². The zero-order valence-corrected chi connectivity index (χ0v) is 13.1. The van der Waals surface area contributed by atoms with E-state index in [1.54, 1.807) is 0 Å². The van der Waals surface area contributed by atoms with Gasteiger partial charge in [0.15, 0.2) is 0 Å². The number of carbonyl (C=O) groups is 1. The van der Waals surface area contributed by atoms with Crippen LogP contribution in [0.5, 0.6) is 0 Å². The van der Waals surface area contributed by atoms with Crippen LogP contribution in [0.25, 0.3) is 0 Å². The molecule has 0 bridgehead atoms. The topological polar surface area (TPSA) is 29.1 Å². The summed E-state index contributed by atoms with van der Waals surface area (Å²) in [6.07, 6.45) is 1.75. The van der Waals surface area contributed by atoms with Gasteiger partial charge >= 0.3 is 0 Å². The van der Waals surface area contributed by atoms with Crippen molar-refractivity contribution in [3.05, 3.63) is 35.4 Å². The van der Waals surface area contributed by atoms with Crippen molar-refractivity contribution in [3.8, 4) is 0 Å². The molecule has 5 heteroatoms. The highest BCUT2D eigenvalue weighted by atomic mass is 35.5. The number of nitrogens with one attached hydrogen (secondary N) is 1. The summed E-state index contributed by atoms with van der Waals surface area (Å²) in [7, 11) is 0. The van der Waals surface area contributed by atoms with E-state index in [-0.39, 0.29) is 11.3 Å². The minimum Gasteiger partial charge on any atom is -0.355 e. The number of amides is 1. The van der Waals surface area contributed by atoms with Crippen LogP contribution in [0.3, 0.4) is 0 Å². The first-order chi connectivity index (χ1) is 9.82. The van der Waals surface area contributed by atoms with E-state index in [0.29, 0.717) is 30.8 Å². The van der Waals surface area contributed by atoms with Gasteiger partial charge in [-0.05, 0) is 29.9 Å². The van der Waals surface area contributed by atoms with Gasteiger partial charge in [0.25, 0.3) is 0 Å². The molecule has 1 atom stereocenters. The molecular formula is C16H20ClF2NO. The van der Waals surface area contributed by atoms with Gasteiger partial charge in [-0.15, -0.1) is 11.6 Å². The Morgan fingerprint density at radius 1 is 1.38 bits per heavy atom. The number of carbonyl (C=O) groups excluding carboxylic acids is 1. The molecule has 1 aliphatic rings. The molecule has 2 nitrogen and oxygen atoms in total. The van der Waals surface area contributed by atoms with Crippen LogP contribution in [0, 0.1) is 17.0 Å². The number of alkyl halides is 1. The number of rotatable bonds is 6. The van der Waals surface area contributed by atoms with Gasteiger partial charge in [0.2, 0.25) is 5.91 Å². The van der Waals surface area contributed by atoms with Crippen LogP contribution in [0.2, 0.25) is 0 Å². The molecular weight excluding hydrogens is 296 g/mol. The second-order valence-corrected chi connectivity index (χ2v) is 6.71. The van der Waals surface area contributed by atoms with Gasteiger partial charge in [0.1, 0.15) is 11.6 Å². The molecule has 1 aromatic carbocycles. The van der Waals surface area contributed by atoms with Gasteiger partial charge in [-0.1, -0.05) is 19.9 Å². The molecule has 1 fully saturated rings. The Kier molecular flexibility index (Phi) is 4.57. The molecule has 0 aliphatic heterocycles. The third kappa shape index (κ3) is 3.20. The number of benzene rings is 1. The second-order valence-electron chi connectivity index (χ2n) is 6.34. The number of halogens is 3. The fourth-order valence-corrected chi connectivity index (χ4v) is 3.14. The average Bonchev–Trinajstić information content (AvgIpc) is 2.96. The normalized spacial score (nSPS) is 22.9. The predicted molar refractivity (Wildman–Crippen MR) is 79.4 cm³/mol. The number of hydrogen-bond donors (Lipinski definition) is 1. The van der Waals surface area contributed by atoms with Gasteiger partial charge in [0, 0.05) is 30.3 Å². The molecule has 2 rings (SSSR count). The van der Waals surface area contributed by atoms with Crippen LogP contribution in [0.1, 0.15) is 38.7 Å². The Balaban J connectivity index is 2.14. The quantitative estimate of drug-likeness (QED) is 0.796. The molecule has 1 aromatic rings. The monoisotopic (exact) mass is 315 g/mol. The van der Waals surface area contributed by atoms with E-state index in [9.17, 15) is 13.6 Å². The van der Waals surface area contributed by atoms with Crippen LogP contribution in [-0.4, -0.2) is 18.3 Å². The predicted octanol–water partition coefficient (Wildman–Crippen LogP) is 3.77. The SMILES string of the molecule is CC1(C)CC1(CNC(=O)CCCCl)c1ccc(F)cc1F. The van der Waals surface area contributed by atoms with E-state index in [1.165, 1.54) is 12.1 Å². The third-order valence-electron chi connectivity index (χ3n) is 4.49. The standard InChI is InChI=1S/C16H20ClF2NO/c1-15(2)9-16(15,10-20-14(21)4-3-7-17)12-6-5-11(18)8-13(12)19/h5-6,8H,3-4,7,9-10H2,1-2H3,(H,20,21). The summed E-state index contributed by atoms with van der Waals surface area (Å²) in [4.78, 5) is 11.7. The largest absolute Gasteiger partial charge is 0.355 e. The highest BCUT2D eigenvalue weighted by Crippen LogP contribution is 2.64. The molecule has 1 N–H and O–H groups in total. The van der Waals surface area contributed by atoms with Crippen molar-refractivity contribution in [2.24, 2.45) is 5.41 Å². The smallest absolute Gasteiger partial charge is 0.220 e. The Hall–Kier alpha value is -1.16. The van der Waals surface area contributed by atoms with E-state index < -0.39 is 17.0 Å². The fraction of sp³-hybridized carbons (Fsp3) is 0.562. The summed E-state index contributed by atoms with van der Waals surface area (Å²) >= 11 is 5.56. The van der Waals surface area contributed by atoms with E-state index in [4.69, 9.17) is 11.6 Å². The molecule has 1 unspecified atom stereocenters. The maximum absolute atomic E-state index is 14.1. The van der Waals surface area contributed by atoms with Crippen LogP contribution >= 0.6 is 11.6 Å². The lowest BCUT2D eigenvalue weighted by Gasteiger charge is -2.22. The van der Waals surface area contributed by atoms with Crippen molar-refractivity contribution in [1.29, 1.82) is 0 Å². The summed E-state index contributed by atoms with van der Waals surface area (Å²) < 4.78 is 27.2. The molecule has 1 saturated carbocycles. The first-order valence-electron chi connectivity index (χ1n) is 7.11. The van der Waals surface area contributed by atoms with Crippen molar-refractivity contribution in [3.63, 3.8) is 0 Å². The van der Waals surface area contributed by atoms with Crippen LogP contribution in [0.4, 0.5) is 8.78 Å². The minimum absolute atomic E-state index is 0.0831. The Labute approximate surface area is 128 Å². The average molecular weight is 316 g/mol. The molecule has 0 saturated heterocycles. The molecule has 0 heterocycles. The molecule has 0 spiro atoms. The third-order valence-corrected chi connectivity index (χ3v) is 4.75. The van der Waals surface area contributed by atoms with E-state index >= 15 is 0 Å². The first kappa shape index (κ1) is 16.2. The van der Waals surface area contributed by atoms with Gasteiger partial charge in [0.05, 0.1) is 0 Å². The maximum atomic E-state index is 14.1. The molecule has 0 radical (unpaired) electrons. The highest BCUT2D eigenvalue weighted by molar-refractivity contribution is 6.17. The summed E-state index contributed by atoms with van der Waals surface area (Å²) in [5.41, 5.74) is -0.0983.